The Labute approximate surface area is 234 Å². The van der Waals surface area contributed by atoms with Crippen LogP contribution in [0.15, 0.2) is 152 Å². The average Bonchev–Trinajstić information content (AvgIpc) is 3.35. The van der Waals surface area contributed by atoms with Gasteiger partial charge in [-0.05, 0) is 58.7 Å². The molecule has 6 aromatic rings. The highest BCUT2D eigenvalue weighted by molar-refractivity contribution is 5.89. The summed E-state index contributed by atoms with van der Waals surface area (Å²) in [5.74, 6) is 1.30. The standard InChI is InChI=1S/C37H25NO/c1-3-13-26(14-4-1)38(27-15-5-2-6-16-27)28-23-24-34-36(25-28)39-35-22-12-11-21-33(35)37(34)31-19-9-7-17-29(31)30-18-8-10-20-32(30)37/h1-25H/i7D,9D,17D,19D. The van der Waals surface area contributed by atoms with Crippen molar-refractivity contribution in [3.63, 3.8) is 0 Å². The van der Waals surface area contributed by atoms with E-state index < -0.39 is 5.41 Å². The number of rotatable bonds is 3. The van der Waals surface area contributed by atoms with Gasteiger partial charge in [0.05, 0.1) is 10.9 Å². The largest absolute Gasteiger partial charge is 0.457 e. The van der Waals surface area contributed by atoms with Gasteiger partial charge < -0.3 is 9.64 Å². The van der Waals surface area contributed by atoms with Crippen molar-refractivity contribution in [1.82, 2.24) is 0 Å². The molecule has 2 nitrogen and oxygen atoms in total. The molecule has 2 aliphatic rings. The smallest absolute Gasteiger partial charge is 0.134 e. The first-order chi connectivity index (χ1) is 21.0. The van der Waals surface area contributed by atoms with Crippen molar-refractivity contribution in [2.24, 2.45) is 0 Å². The van der Waals surface area contributed by atoms with Crippen LogP contribution in [-0.2, 0) is 5.41 Å². The molecule has 1 atom stereocenters. The minimum atomic E-state index is -0.991. The van der Waals surface area contributed by atoms with E-state index >= 15 is 0 Å². The summed E-state index contributed by atoms with van der Waals surface area (Å²) in [4.78, 5) is 2.18. The van der Waals surface area contributed by atoms with Gasteiger partial charge in [0.15, 0.2) is 0 Å². The number of hydrogen-bond acceptors (Lipinski definition) is 2. The summed E-state index contributed by atoms with van der Waals surface area (Å²) in [5, 5.41) is 0. The Morgan fingerprint density at radius 2 is 1.10 bits per heavy atom. The molecule has 0 aromatic heterocycles. The molecule has 0 bridgehead atoms. The summed E-state index contributed by atoms with van der Waals surface area (Å²) in [6, 6.07) is 41.8. The lowest BCUT2D eigenvalue weighted by Crippen LogP contribution is -2.32. The molecule has 0 amide bonds. The maximum Gasteiger partial charge on any atom is 0.134 e. The van der Waals surface area contributed by atoms with Gasteiger partial charge in [-0.3, -0.25) is 0 Å². The Morgan fingerprint density at radius 3 is 1.87 bits per heavy atom. The van der Waals surface area contributed by atoms with Crippen LogP contribution in [0.4, 0.5) is 17.1 Å². The first-order valence-electron chi connectivity index (χ1n) is 15.0. The van der Waals surface area contributed by atoms with E-state index in [2.05, 4.69) is 41.3 Å². The minimum Gasteiger partial charge on any atom is -0.457 e. The molecule has 1 spiro atoms. The molecule has 6 aromatic carbocycles. The molecule has 1 heterocycles. The van der Waals surface area contributed by atoms with Crippen LogP contribution >= 0.6 is 0 Å². The highest BCUT2D eigenvalue weighted by Crippen LogP contribution is 2.62. The third-order valence-electron chi connectivity index (χ3n) is 7.83. The van der Waals surface area contributed by atoms with Crippen LogP contribution in [0.25, 0.3) is 11.1 Å². The third-order valence-corrected chi connectivity index (χ3v) is 7.83. The van der Waals surface area contributed by atoms with Crippen molar-refractivity contribution < 1.29 is 10.2 Å². The Balaban J connectivity index is 1.46. The number of fused-ring (bicyclic) bond motifs is 9. The Hall–Kier alpha value is -5.08. The fraction of sp³-hybridized carbons (Fsp3) is 0.0270. The summed E-state index contributed by atoms with van der Waals surface area (Å²) < 4.78 is 42.0. The van der Waals surface area contributed by atoms with Crippen molar-refractivity contribution in [2.45, 2.75) is 5.41 Å². The molecular formula is C37H25NO. The minimum absolute atomic E-state index is 0.0261. The van der Waals surface area contributed by atoms with Gasteiger partial charge in [0, 0.05) is 34.3 Å². The van der Waals surface area contributed by atoms with Crippen molar-refractivity contribution in [2.75, 3.05) is 4.90 Å². The van der Waals surface area contributed by atoms with Crippen molar-refractivity contribution in [1.29, 1.82) is 0 Å². The van der Waals surface area contributed by atoms with Crippen LogP contribution in [0, 0.1) is 0 Å². The summed E-state index contributed by atoms with van der Waals surface area (Å²) in [6.07, 6.45) is 0. The molecule has 1 unspecified atom stereocenters. The third kappa shape index (κ3) is 3.09. The van der Waals surface area contributed by atoms with Crippen LogP contribution < -0.4 is 9.64 Å². The molecule has 1 aliphatic heterocycles. The Kier molecular flexibility index (Phi) is 3.96. The molecule has 0 radical (unpaired) electrons. The number of anilines is 3. The van der Waals surface area contributed by atoms with Crippen LogP contribution in [0.1, 0.15) is 27.7 Å². The normalized spacial score (nSPS) is 17.4. The first-order valence-corrected chi connectivity index (χ1v) is 13.0. The second-order valence-electron chi connectivity index (χ2n) is 9.83. The van der Waals surface area contributed by atoms with Crippen LogP contribution in [-0.4, -0.2) is 0 Å². The number of nitrogens with zero attached hydrogens (tertiary/aromatic N) is 1. The molecule has 184 valence electrons. The fourth-order valence-corrected chi connectivity index (χ4v) is 6.29. The fourth-order valence-electron chi connectivity index (χ4n) is 6.29. The molecule has 2 heteroatoms. The van der Waals surface area contributed by atoms with E-state index in [0.29, 0.717) is 22.6 Å². The Morgan fingerprint density at radius 1 is 0.487 bits per heavy atom. The molecule has 0 N–H and O–H groups in total. The molecule has 0 fully saturated rings. The second kappa shape index (κ2) is 8.47. The van der Waals surface area contributed by atoms with E-state index in [1.54, 1.807) is 0 Å². The SMILES string of the molecule is [2H]c1c([2H])c([2H])c2c(c1[2H])-c1ccccc1C21c2ccccc2Oc2cc(N(c3ccccc3)c3ccccc3)ccc21. The quantitative estimate of drug-likeness (QED) is 0.238. The van der Waals surface area contributed by atoms with Crippen LogP contribution in [0.3, 0.4) is 0 Å². The lowest BCUT2D eigenvalue weighted by molar-refractivity contribution is 0.436. The predicted molar refractivity (Wildman–Crippen MR) is 159 cm³/mol. The van der Waals surface area contributed by atoms with Crippen LogP contribution in [0.5, 0.6) is 11.5 Å². The van der Waals surface area contributed by atoms with E-state index in [1.165, 1.54) is 0 Å². The highest BCUT2D eigenvalue weighted by atomic mass is 16.5. The van der Waals surface area contributed by atoms with E-state index in [9.17, 15) is 1.37 Å². The zero-order valence-corrected chi connectivity index (χ0v) is 21.0. The highest BCUT2D eigenvalue weighted by Gasteiger charge is 2.50. The number of ether oxygens (including phenoxy) is 1. The van der Waals surface area contributed by atoms with Gasteiger partial charge in [-0.2, -0.15) is 0 Å². The topological polar surface area (TPSA) is 12.5 Å². The molecule has 0 saturated heterocycles. The summed E-state index contributed by atoms with van der Waals surface area (Å²) in [7, 11) is 0. The maximum absolute atomic E-state index is 9.23. The lowest BCUT2D eigenvalue weighted by Gasteiger charge is -2.40. The van der Waals surface area contributed by atoms with Gasteiger partial charge in [-0.1, -0.05) is 109 Å². The monoisotopic (exact) mass is 503 g/mol. The van der Waals surface area contributed by atoms with Crippen LogP contribution in [0.2, 0.25) is 0 Å². The average molecular weight is 504 g/mol. The number of benzene rings is 6. The van der Waals surface area contributed by atoms with Crippen molar-refractivity contribution in [3.8, 4) is 22.6 Å². The van der Waals surface area contributed by atoms with Gasteiger partial charge in [0.25, 0.3) is 0 Å². The van der Waals surface area contributed by atoms with Gasteiger partial charge in [-0.15, -0.1) is 0 Å². The maximum atomic E-state index is 9.23. The molecule has 1 aliphatic carbocycles. The predicted octanol–water partition coefficient (Wildman–Crippen LogP) is 9.63. The lowest BCUT2D eigenvalue weighted by atomic mass is 9.66. The van der Waals surface area contributed by atoms with E-state index in [4.69, 9.17) is 8.85 Å². The zero-order chi connectivity index (χ0) is 29.3. The van der Waals surface area contributed by atoms with E-state index in [-0.39, 0.29) is 24.2 Å². The van der Waals surface area contributed by atoms with Gasteiger partial charge in [0.2, 0.25) is 0 Å². The van der Waals surface area contributed by atoms with Gasteiger partial charge in [-0.25, -0.2) is 0 Å². The molecule has 0 saturated carbocycles. The Bertz CT molecular complexity index is 2020. The zero-order valence-electron chi connectivity index (χ0n) is 25.0. The van der Waals surface area contributed by atoms with Crippen molar-refractivity contribution >= 4 is 17.1 Å². The van der Waals surface area contributed by atoms with Gasteiger partial charge >= 0.3 is 0 Å². The van der Waals surface area contributed by atoms with E-state index in [1.807, 2.05) is 91.0 Å². The first kappa shape index (κ1) is 18.2. The van der Waals surface area contributed by atoms with E-state index in [0.717, 1.165) is 39.3 Å². The van der Waals surface area contributed by atoms with Crippen molar-refractivity contribution in [3.05, 3.63) is 174 Å². The molecular weight excluding hydrogens is 474 g/mol. The number of para-hydroxylation sites is 3. The second-order valence-corrected chi connectivity index (χ2v) is 9.83. The summed E-state index contributed by atoms with van der Waals surface area (Å²) in [6.45, 7) is 0. The summed E-state index contributed by atoms with van der Waals surface area (Å²) in [5.41, 5.74) is 6.46. The van der Waals surface area contributed by atoms with Gasteiger partial charge in [0.1, 0.15) is 11.5 Å². The summed E-state index contributed by atoms with van der Waals surface area (Å²) >= 11 is 0. The number of hydrogen-bond donors (Lipinski definition) is 0. The molecule has 39 heavy (non-hydrogen) atoms. The molecule has 8 rings (SSSR count).